The fourth-order valence-corrected chi connectivity index (χ4v) is 4.17. The van der Waals surface area contributed by atoms with E-state index in [2.05, 4.69) is 10.6 Å². The summed E-state index contributed by atoms with van der Waals surface area (Å²) < 4.78 is 32.2. The molecule has 4 aromatic carbocycles. The minimum Gasteiger partial charge on any atom is -0.496 e. The van der Waals surface area contributed by atoms with Gasteiger partial charge in [-0.15, -0.1) is 0 Å². The molecule has 2 N–H and O–H groups in total. The van der Waals surface area contributed by atoms with E-state index in [1.165, 1.54) is 7.11 Å². The van der Waals surface area contributed by atoms with E-state index in [9.17, 15) is 9.59 Å². The first kappa shape index (κ1) is 31.7. The Balaban J connectivity index is 0.000000230. The highest BCUT2D eigenvalue weighted by atomic mass is 16.6. The summed E-state index contributed by atoms with van der Waals surface area (Å²) in [5.74, 6) is 3.10. The monoisotopic (exact) mass is 578 g/mol. The van der Waals surface area contributed by atoms with Crippen LogP contribution in [0.4, 0.5) is 9.59 Å². The molecule has 0 aliphatic heterocycles. The van der Waals surface area contributed by atoms with Gasteiger partial charge in [0, 0.05) is 46.8 Å². The van der Waals surface area contributed by atoms with Crippen LogP contribution in [-0.4, -0.2) is 53.7 Å². The lowest BCUT2D eigenvalue weighted by molar-refractivity contribution is 0.198. The van der Waals surface area contributed by atoms with E-state index in [0.29, 0.717) is 47.6 Å². The maximum atomic E-state index is 11.8. The largest absolute Gasteiger partial charge is 0.496 e. The molecule has 0 unspecified atom stereocenters. The maximum Gasteiger partial charge on any atom is 0.412 e. The molecular weight excluding hydrogens is 540 g/mol. The van der Waals surface area contributed by atoms with Gasteiger partial charge in [-0.2, -0.15) is 0 Å². The van der Waals surface area contributed by atoms with Gasteiger partial charge in [0.25, 0.3) is 0 Å². The average Bonchev–Trinajstić information content (AvgIpc) is 3.03. The van der Waals surface area contributed by atoms with Gasteiger partial charge in [-0.3, -0.25) is 0 Å². The first-order chi connectivity index (χ1) is 20.4. The Labute approximate surface area is 245 Å². The van der Waals surface area contributed by atoms with Crippen molar-refractivity contribution in [2.45, 2.75) is 26.7 Å². The highest BCUT2D eigenvalue weighted by Gasteiger charge is 2.18. The normalized spacial score (nSPS) is 10.2. The Hall–Kier alpha value is -4.86. The van der Waals surface area contributed by atoms with Crippen LogP contribution in [0.15, 0.2) is 60.7 Å². The summed E-state index contributed by atoms with van der Waals surface area (Å²) in [5, 5.41) is 8.60. The number of carbonyl (C=O) groups is 2. The summed E-state index contributed by atoms with van der Waals surface area (Å²) >= 11 is 0. The smallest absolute Gasteiger partial charge is 0.412 e. The zero-order valence-electron chi connectivity index (χ0n) is 24.9. The summed E-state index contributed by atoms with van der Waals surface area (Å²) in [7, 11) is 6.25. The van der Waals surface area contributed by atoms with Crippen molar-refractivity contribution in [3.8, 4) is 34.5 Å². The van der Waals surface area contributed by atoms with Gasteiger partial charge < -0.3 is 39.1 Å². The van der Waals surface area contributed by atoms with Crippen LogP contribution in [0.25, 0.3) is 21.5 Å². The molecule has 0 bridgehead atoms. The minimum atomic E-state index is -0.495. The van der Waals surface area contributed by atoms with E-state index in [-0.39, 0.29) is 0 Å². The highest BCUT2D eigenvalue weighted by Crippen LogP contribution is 2.42. The molecule has 0 saturated heterocycles. The van der Waals surface area contributed by atoms with Crippen molar-refractivity contribution in [1.29, 1.82) is 0 Å². The molecule has 10 nitrogen and oxygen atoms in total. The van der Waals surface area contributed by atoms with E-state index < -0.39 is 12.2 Å². The number of hydrogen-bond acceptors (Lipinski definition) is 8. The van der Waals surface area contributed by atoms with Crippen LogP contribution in [0.1, 0.15) is 26.7 Å². The predicted octanol–water partition coefficient (Wildman–Crippen LogP) is 6.71. The van der Waals surface area contributed by atoms with Crippen molar-refractivity contribution >= 4 is 33.7 Å². The summed E-state index contributed by atoms with van der Waals surface area (Å²) in [4.78, 5) is 23.6. The van der Waals surface area contributed by atoms with E-state index in [4.69, 9.17) is 28.4 Å². The van der Waals surface area contributed by atoms with Crippen molar-refractivity contribution in [3.05, 3.63) is 60.7 Å². The Bertz CT molecular complexity index is 1510. The molecule has 10 heteroatoms. The Morgan fingerprint density at radius 3 is 1.48 bits per heavy atom. The third kappa shape index (κ3) is 7.66. The molecule has 2 amide bonds. The summed E-state index contributed by atoms with van der Waals surface area (Å²) in [5.41, 5.74) is 0. The number of nitrogens with one attached hydrogen (secondary N) is 2. The quantitative estimate of drug-likeness (QED) is 0.213. The zero-order chi connectivity index (χ0) is 30.5. The lowest BCUT2D eigenvalue weighted by atomic mass is 10.1. The van der Waals surface area contributed by atoms with Crippen molar-refractivity contribution in [2.75, 3.05) is 41.5 Å². The lowest BCUT2D eigenvalue weighted by Crippen LogP contribution is -2.27. The van der Waals surface area contributed by atoms with Crippen molar-refractivity contribution in [3.63, 3.8) is 0 Å². The Morgan fingerprint density at radius 1 is 0.548 bits per heavy atom. The van der Waals surface area contributed by atoms with Gasteiger partial charge >= 0.3 is 12.2 Å². The van der Waals surface area contributed by atoms with Crippen LogP contribution >= 0.6 is 0 Å². The fourth-order valence-electron chi connectivity index (χ4n) is 4.17. The summed E-state index contributed by atoms with van der Waals surface area (Å²) in [6, 6.07) is 18.5. The average molecular weight is 579 g/mol. The first-order valence-corrected chi connectivity index (χ1v) is 13.6. The number of ether oxygens (including phenoxy) is 6. The molecule has 224 valence electrons. The summed E-state index contributed by atoms with van der Waals surface area (Å²) in [6.07, 6.45) is 0.719. The Kier molecular flexibility index (Phi) is 11.9. The molecule has 0 fully saturated rings. The van der Waals surface area contributed by atoms with E-state index >= 15 is 0 Å². The minimum absolute atomic E-state index is 0.391. The molecule has 42 heavy (non-hydrogen) atoms. The van der Waals surface area contributed by atoms with Crippen LogP contribution in [0.5, 0.6) is 34.5 Å². The van der Waals surface area contributed by atoms with Crippen LogP contribution in [0.2, 0.25) is 0 Å². The number of rotatable bonds is 10. The molecule has 4 rings (SSSR count). The van der Waals surface area contributed by atoms with E-state index in [1.54, 1.807) is 33.5 Å². The standard InChI is InChI=1S/2C16H19NO4/c1-4-9-17-16(18)21-13-10-14(19-2)15(20-3)12-8-6-5-7-11(12)13;1-4-9-17-16(18)21-15-12-8-6-5-7-11(12)13(19-2)10-14(15)20-3/h2*5-8,10H,4,9H2,1-3H3,(H,17,18). The van der Waals surface area contributed by atoms with Gasteiger partial charge in [-0.05, 0) is 12.8 Å². The highest BCUT2D eigenvalue weighted by molar-refractivity contribution is 5.98. The van der Waals surface area contributed by atoms with Gasteiger partial charge in [0.15, 0.2) is 23.0 Å². The summed E-state index contributed by atoms with van der Waals surface area (Å²) in [6.45, 7) is 5.09. The third-order valence-corrected chi connectivity index (χ3v) is 6.15. The van der Waals surface area contributed by atoms with Gasteiger partial charge in [0.1, 0.15) is 11.5 Å². The second-order valence-electron chi connectivity index (χ2n) is 8.94. The second kappa shape index (κ2) is 15.8. The molecular formula is C32H38N2O8. The van der Waals surface area contributed by atoms with Crippen LogP contribution < -0.4 is 39.1 Å². The number of fused-ring (bicyclic) bond motifs is 2. The van der Waals surface area contributed by atoms with Crippen molar-refractivity contribution in [1.82, 2.24) is 10.6 Å². The van der Waals surface area contributed by atoms with Crippen LogP contribution in [0, 0.1) is 0 Å². The topological polar surface area (TPSA) is 114 Å². The van der Waals surface area contributed by atoms with E-state index in [1.807, 2.05) is 62.4 Å². The van der Waals surface area contributed by atoms with E-state index in [0.717, 1.165) is 34.4 Å². The number of hydrogen-bond donors (Lipinski definition) is 2. The van der Waals surface area contributed by atoms with Crippen molar-refractivity contribution < 1.29 is 38.0 Å². The number of amides is 2. The first-order valence-electron chi connectivity index (χ1n) is 13.6. The zero-order valence-corrected chi connectivity index (χ0v) is 24.9. The molecule has 0 atom stereocenters. The fraction of sp³-hybridized carbons (Fsp3) is 0.312. The van der Waals surface area contributed by atoms with Gasteiger partial charge in [0.2, 0.25) is 0 Å². The molecule has 0 radical (unpaired) electrons. The SMILES string of the molecule is CCCNC(=O)Oc1c(OC)cc(OC)c2ccccc12.CCCNC(=O)Oc1cc(OC)c(OC)c2ccccc12. The molecule has 0 heterocycles. The van der Waals surface area contributed by atoms with Crippen molar-refractivity contribution in [2.24, 2.45) is 0 Å². The maximum absolute atomic E-state index is 11.8. The van der Waals surface area contributed by atoms with Crippen LogP contribution in [-0.2, 0) is 0 Å². The molecule has 4 aromatic rings. The lowest BCUT2D eigenvalue weighted by Gasteiger charge is -2.15. The molecule has 0 aliphatic carbocycles. The number of methoxy groups -OCH3 is 4. The third-order valence-electron chi connectivity index (χ3n) is 6.15. The number of benzene rings is 4. The van der Waals surface area contributed by atoms with Gasteiger partial charge in [-0.1, -0.05) is 62.4 Å². The van der Waals surface area contributed by atoms with Crippen LogP contribution in [0.3, 0.4) is 0 Å². The predicted molar refractivity (Wildman–Crippen MR) is 163 cm³/mol. The Morgan fingerprint density at radius 2 is 0.976 bits per heavy atom. The number of carbonyl (C=O) groups excluding carboxylic acids is 2. The van der Waals surface area contributed by atoms with Gasteiger partial charge in [-0.25, -0.2) is 9.59 Å². The molecule has 0 spiro atoms. The molecule has 0 saturated carbocycles. The molecule has 0 aliphatic rings. The second-order valence-corrected chi connectivity index (χ2v) is 8.94. The molecule has 0 aromatic heterocycles. The van der Waals surface area contributed by atoms with Gasteiger partial charge in [0.05, 0.1) is 28.4 Å².